The molecule has 13 nitrogen and oxygen atoms in total. The molecule has 4 aromatic heterocycles. The molecule has 4 heterocycles. The quantitative estimate of drug-likeness (QED) is 0.144. The molecule has 44 heavy (non-hydrogen) atoms. The van der Waals surface area contributed by atoms with Crippen molar-refractivity contribution in [3.05, 3.63) is 84.1 Å². The number of esters is 1. The second-order valence-electron chi connectivity index (χ2n) is 9.84. The van der Waals surface area contributed by atoms with Gasteiger partial charge in [0, 0.05) is 41.1 Å². The normalized spacial score (nSPS) is 11.2. The maximum atomic E-state index is 13.5. The number of rotatable bonds is 14. The van der Waals surface area contributed by atoms with E-state index in [1.807, 2.05) is 35.7 Å². The van der Waals surface area contributed by atoms with Crippen molar-refractivity contribution >= 4 is 23.2 Å². The van der Waals surface area contributed by atoms with Crippen LogP contribution in [0.25, 0.3) is 28.2 Å². The smallest absolute Gasteiger partial charge is 0.310 e. The number of fused-ring (bicyclic) bond motifs is 1. The zero-order chi connectivity index (χ0) is 30.9. The zero-order valence-electron chi connectivity index (χ0n) is 24.5. The van der Waals surface area contributed by atoms with Crippen molar-refractivity contribution in [2.75, 3.05) is 45.5 Å². The highest BCUT2D eigenvalue weighted by Crippen LogP contribution is 2.27. The molecule has 0 aliphatic rings. The SMILES string of the molecule is COC(=O)Cc1cc(NC(=O)c2ccn3c(C)cc(-c4cccnc4)nc23)ccc1-c1cn(CCOCCOCCO)nn1. The molecule has 0 unspecified atom stereocenters. The van der Waals surface area contributed by atoms with Crippen LogP contribution in [0.3, 0.4) is 0 Å². The van der Waals surface area contributed by atoms with Crippen molar-refractivity contribution in [3.63, 3.8) is 0 Å². The number of pyridine rings is 1. The van der Waals surface area contributed by atoms with Crippen LogP contribution in [0.15, 0.2) is 67.3 Å². The number of benzene rings is 1. The Labute approximate surface area is 253 Å². The highest BCUT2D eigenvalue weighted by molar-refractivity contribution is 6.08. The molecule has 0 saturated carbocycles. The van der Waals surface area contributed by atoms with E-state index in [-0.39, 0.29) is 25.5 Å². The van der Waals surface area contributed by atoms with Crippen LogP contribution < -0.4 is 5.32 Å². The lowest BCUT2D eigenvalue weighted by Gasteiger charge is -2.11. The van der Waals surface area contributed by atoms with E-state index in [1.54, 1.807) is 47.5 Å². The van der Waals surface area contributed by atoms with E-state index in [0.717, 1.165) is 11.3 Å². The summed E-state index contributed by atoms with van der Waals surface area (Å²) in [6.07, 6.45) is 6.98. The third-order valence-corrected chi connectivity index (χ3v) is 6.83. The first-order valence-electron chi connectivity index (χ1n) is 14.0. The largest absolute Gasteiger partial charge is 0.469 e. The van der Waals surface area contributed by atoms with Gasteiger partial charge in [-0.25, -0.2) is 9.67 Å². The first kappa shape index (κ1) is 30.5. The minimum absolute atomic E-state index is 0.0241. The summed E-state index contributed by atoms with van der Waals surface area (Å²) in [7, 11) is 1.33. The van der Waals surface area contributed by atoms with Crippen molar-refractivity contribution in [1.82, 2.24) is 29.4 Å². The lowest BCUT2D eigenvalue weighted by Crippen LogP contribution is -2.13. The van der Waals surface area contributed by atoms with Gasteiger partial charge >= 0.3 is 5.97 Å². The Hall–Kier alpha value is -4.98. The molecule has 0 radical (unpaired) electrons. The number of aromatic nitrogens is 6. The van der Waals surface area contributed by atoms with Gasteiger partial charge in [0.15, 0.2) is 0 Å². The molecule has 0 aliphatic heterocycles. The molecule has 0 aliphatic carbocycles. The first-order chi connectivity index (χ1) is 21.5. The summed E-state index contributed by atoms with van der Waals surface area (Å²) in [6.45, 7) is 3.87. The van der Waals surface area contributed by atoms with Gasteiger partial charge in [0.05, 0.1) is 70.6 Å². The number of nitrogens with zero attached hydrogens (tertiary/aromatic N) is 6. The molecule has 5 aromatic rings. The molecule has 2 N–H and O–H groups in total. The highest BCUT2D eigenvalue weighted by atomic mass is 16.5. The number of aryl methyl sites for hydroxylation is 1. The molecule has 228 valence electrons. The Balaban J connectivity index is 1.33. The van der Waals surface area contributed by atoms with Crippen molar-refractivity contribution in [2.45, 2.75) is 19.9 Å². The number of carbonyl (C=O) groups is 2. The van der Waals surface area contributed by atoms with Crippen LogP contribution in [0.2, 0.25) is 0 Å². The maximum Gasteiger partial charge on any atom is 0.310 e. The van der Waals surface area contributed by atoms with E-state index in [9.17, 15) is 9.59 Å². The predicted octanol–water partition coefficient (Wildman–Crippen LogP) is 2.96. The van der Waals surface area contributed by atoms with E-state index in [4.69, 9.17) is 24.3 Å². The van der Waals surface area contributed by atoms with Gasteiger partial charge in [0.25, 0.3) is 5.91 Å². The number of aliphatic hydroxyl groups is 1. The van der Waals surface area contributed by atoms with Gasteiger partial charge in [-0.3, -0.25) is 14.6 Å². The third-order valence-electron chi connectivity index (χ3n) is 6.83. The molecular weight excluding hydrogens is 566 g/mol. The van der Waals surface area contributed by atoms with E-state index in [0.29, 0.717) is 65.8 Å². The van der Waals surface area contributed by atoms with Gasteiger partial charge in [-0.2, -0.15) is 0 Å². The molecule has 1 amide bonds. The molecular formula is C31H33N7O6. The number of methoxy groups -OCH3 is 1. The maximum absolute atomic E-state index is 13.5. The highest BCUT2D eigenvalue weighted by Gasteiger charge is 2.18. The lowest BCUT2D eigenvalue weighted by atomic mass is 10.0. The van der Waals surface area contributed by atoms with E-state index < -0.39 is 5.97 Å². The average molecular weight is 600 g/mol. The molecule has 0 bridgehead atoms. The predicted molar refractivity (Wildman–Crippen MR) is 161 cm³/mol. The van der Waals surface area contributed by atoms with Gasteiger partial charge in [-0.15, -0.1) is 5.10 Å². The molecule has 0 fully saturated rings. The molecule has 0 spiro atoms. The number of aliphatic hydroxyl groups excluding tert-OH is 1. The van der Waals surface area contributed by atoms with Crippen LogP contribution in [0.5, 0.6) is 0 Å². The number of nitrogens with one attached hydrogen (secondary N) is 1. The standard InChI is InChI=1S/C31H33N7O6/c1-21-16-27(22-4-3-8-32-19-22)34-30-26(7-9-38(21)30)31(41)33-24-5-6-25(23(17-24)18-29(40)42-2)28-20-37(36-35-28)10-12-43-14-15-44-13-11-39/h3-9,16-17,19-20,39H,10-15,18H2,1-2H3,(H,33,41). The molecule has 0 saturated heterocycles. The van der Waals surface area contributed by atoms with Crippen molar-refractivity contribution in [2.24, 2.45) is 0 Å². The zero-order valence-corrected chi connectivity index (χ0v) is 24.5. The minimum Gasteiger partial charge on any atom is -0.469 e. The van der Waals surface area contributed by atoms with Crippen molar-refractivity contribution < 1.29 is 28.9 Å². The summed E-state index contributed by atoms with van der Waals surface area (Å²) < 4.78 is 19.1. The first-order valence-corrected chi connectivity index (χ1v) is 14.0. The second kappa shape index (κ2) is 14.5. The van der Waals surface area contributed by atoms with Gasteiger partial charge in [0.1, 0.15) is 11.3 Å². The Bertz CT molecular complexity index is 1730. The van der Waals surface area contributed by atoms with Gasteiger partial charge < -0.3 is 29.0 Å². The van der Waals surface area contributed by atoms with E-state index in [2.05, 4.69) is 20.6 Å². The van der Waals surface area contributed by atoms with Crippen molar-refractivity contribution in [1.29, 1.82) is 0 Å². The van der Waals surface area contributed by atoms with Gasteiger partial charge in [0.2, 0.25) is 0 Å². The average Bonchev–Trinajstić information content (AvgIpc) is 3.69. The van der Waals surface area contributed by atoms with E-state index in [1.165, 1.54) is 7.11 Å². The Kier molecular flexibility index (Phi) is 10.0. The summed E-state index contributed by atoms with van der Waals surface area (Å²) >= 11 is 0. The number of hydrogen-bond donors (Lipinski definition) is 2. The van der Waals surface area contributed by atoms with Crippen LogP contribution in [0.1, 0.15) is 21.6 Å². The van der Waals surface area contributed by atoms with Crippen LogP contribution in [0.4, 0.5) is 5.69 Å². The van der Waals surface area contributed by atoms with Crippen LogP contribution in [-0.4, -0.2) is 86.5 Å². The second-order valence-corrected chi connectivity index (χ2v) is 9.84. The van der Waals surface area contributed by atoms with Crippen molar-refractivity contribution in [3.8, 4) is 22.5 Å². The monoisotopic (exact) mass is 599 g/mol. The minimum atomic E-state index is -0.431. The van der Waals surface area contributed by atoms with Gasteiger partial charge in [-0.05, 0) is 48.9 Å². The molecule has 0 atom stereocenters. The Morgan fingerprint density at radius 2 is 1.86 bits per heavy atom. The topological polar surface area (TPSA) is 155 Å². The van der Waals surface area contributed by atoms with Gasteiger partial charge in [-0.1, -0.05) is 11.3 Å². The Morgan fingerprint density at radius 3 is 2.64 bits per heavy atom. The number of anilines is 1. The summed E-state index contributed by atoms with van der Waals surface area (Å²) in [4.78, 5) is 34.7. The molecule has 1 aromatic carbocycles. The Morgan fingerprint density at radius 1 is 1.02 bits per heavy atom. The van der Waals surface area contributed by atoms with Crippen LogP contribution >= 0.6 is 0 Å². The fourth-order valence-electron chi connectivity index (χ4n) is 4.65. The van der Waals surface area contributed by atoms with E-state index >= 15 is 0 Å². The third kappa shape index (κ3) is 7.32. The fraction of sp³-hybridized carbons (Fsp3) is 0.290. The summed E-state index contributed by atoms with van der Waals surface area (Å²) in [6, 6.07) is 12.7. The number of ether oxygens (including phenoxy) is 3. The molecule has 13 heteroatoms. The molecule has 5 rings (SSSR count). The lowest BCUT2D eigenvalue weighted by molar-refractivity contribution is -0.139. The fourth-order valence-corrected chi connectivity index (χ4v) is 4.65. The van der Waals surface area contributed by atoms with Crippen LogP contribution in [0, 0.1) is 6.92 Å². The number of carbonyl (C=O) groups excluding carboxylic acids is 2. The number of amides is 1. The van der Waals surface area contributed by atoms with Crippen LogP contribution in [-0.2, 0) is 32.0 Å². The summed E-state index contributed by atoms with van der Waals surface area (Å²) in [5.41, 5.74) is 5.78. The summed E-state index contributed by atoms with van der Waals surface area (Å²) in [5.74, 6) is -0.771. The number of hydrogen-bond acceptors (Lipinski definition) is 10. The summed E-state index contributed by atoms with van der Waals surface area (Å²) in [5, 5.41) is 20.1.